The van der Waals surface area contributed by atoms with Crippen molar-refractivity contribution >= 4 is 27.3 Å². The van der Waals surface area contributed by atoms with Crippen molar-refractivity contribution in [2.45, 2.75) is 11.1 Å². The Labute approximate surface area is 176 Å². The summed E-state index contributed by atoms with van der Waals surface area (Å²) < 4.78 is 72.3. The predicted octanol–water partition coefficient (Wildman–Crippen LogP) is 5.61. The van der Waals surface area contributed by atoms with E-state index in [9.17, 15) is 21.6 Å². The minimum atomic E-state index is -4.65. The maximum Gasteiger partial charge on any atom is 0.416 e. The molecule has 0 atom stereocenters. The van der Waals surface area contributed by atoms with Gasteiger partial charge in [-0.05, 0) is 42.0 Å². The summed E-state index contributed by atoms with van der Waals surface area (Å²) in [5.74, 6) is 0.326. The van der Waals surface area contributed by atoms with Crippen molar-refractivity contribution in [2.75, 3.05) is 17.5 Å². The second-order valence-corrected chi connectivity index (χ2v) is 8.88. The molecule has 0 saturated heterocycles. The molecule has 4 rings (SSSR count). The number of fused-ring (bicyclic) bond motifs is 1. The first-order chi connectivity index (χ1) is 14.2. The molecular weight excluding hydrogens is 439 g/mol. The molecule has 1 aliphatic heterocycles. The van der Waals surface area contributed by atoms with Gasteiger partial charge < -0.3 is 4.74 Å². The van der Waals surface area contributed by atoms with Gasteiger partial charge in [-0.2, -0.15) is 13.2 Å². The summed E-state index contributed by atoms with van der Waals surface area (Å²) in [7, 11) is -4.25. The van der Waals surface area contributed by atoms with Gasteiger partial charge in [-0.1, -0.05) is 41.9 Å². The fraction of sp³-hybridized carbons (Fsp3) is 0.143. The molecule has 0 fully saturated rings. The van der Waals surface area contributed by atoms with E-state index >= 15 is 0 Å². The topological polar surface area (TPSA) is 46.6 Å². The van der Waals surface area contributed by atoms with Gasteiger partial charge in [0.1, 0.15) is 12.4 Å². The lowest BCUT2D eigenvalue weighted by atomic mass is 10.0. The standard InChI is InChI=1S/C21H15ClF3NO3S/c22-18-7-2-1-6-17(18)14-8-9-20-19(12-14)26(10-11-29-20)30(27,28)16-5-3-4-15(13-16)21(23,24)25/h1-9,12-13H,10-11H2. The molecule has 9 heteroatoms. The van der Waals surface area contributed by atoms with Gasteiger partial charge in [-0.25, -0.2) is 8.42 Å². The molecule has 3 aromatic carbocycles. The number of halogens is 4. The average Bonchev–Trinajstić information content (AvgIpc) is 2.73. The minimum absolute atomic E-state index is 0.0302. The van der Waals surface area contributed by atoms with Crippen LogP contribution in [0.4, 0.5) is 18.9 Å². The Morgan fingerprint density at radius 3 is 2.47 bits per heavy atom. The zero-order valence-electron chi connectivity index (χ0n) is 15.4. The zero-order valence-corrected chi connectivity index (χ0v) is 16.9. The molecule has 1 aliphatic rings. The molecule has 3 aromatic rings. The number of rotatable bonds is 3. The zero-order chi connectivity index (χ0) is 21.5. The molecule has 1 heterocycles. The number of alkyl halides is 3. The molecule has 4 nitrogen and oxygen atoms in total. The molecule has 0 N–H and O–H groups in total. The first-order valence-electron chi connectivity index (χ1n) is 8.90. The van der Waals surface area contributed by atoms with Crippen LogP contribution in [-0.2, 0) is 16.2 Å². The van der Waals surface area contributed by atoms with Crippen molar-refractivity contribution in [2.24, 2.45) is 0 Å². The molecule has 30 heavy (non-hydrogen) atoms. The van der Waals surface area contributed by atoms with Gasteiger partial charge in [0.2, 0.25) is 0 Å². The van der Waals surface area contributed by atoms with E-state index in [4.69, 9.17) is 16.3 Å². The molecule has 0 spiro atoms. The van der Waals surface area contributed by atoms with Gasteiger partial charge in [0.25, 0.3) is 10.0 Å². The SMILES string of the molecule is O=S(=O)(c1cccc(C(F)(F)F)c1)N1CCOc2ccc(-c3ccccc3Cl)cc21. The van der Waals surface area contributed by atoms with Crippen LogP contribution >= 0.6 is 11.6 Å². The van der Waals surface area contributed by atoms with Crippen molar-refractivity contribution in [3.05, 3.63) is 77.3 Å². The summed E-state index contributed by atoms with van der Waals surface area (Å²) in [6.07, 6.45) is -4.65. The van der Waals surface area contributed by atoms with Crippen molar-refractivity contribution < 1.29 is 26.3 Å². The highest BCUT2D eigenvalue weighted by molar-refractivity contribution is 7.92. The molecule has 0 unspecified atom stereocenters. The summed E-state index contributed by atoms with van der Waals surface area (Å²) in [6, 6.07) is 15.8. The maximum absolute atomic E-state index is 13.2. The van der Waals surface area contributed by atoms with Crippen LogP contribution in [0.2, 0.25) is 5.02 Å². The summed E-state index contributed by atoms with van der Waals surface area (Å²) in [5.41, 5.74) is 0.580. The summed E-state index contributed by atoms with van der Waals surface area (Å²) in [5, 5.41) is 0.487. The fourth-order valence-electron chi connectivity index (χ4n) is 3.27. The third kappa shape index (κ3) is 3.73. The highest BCUT2D eigenvalue weighted by Crippen LogP contribution is 2.40. The Bertz CT molecular complexity index is 1210. The number of hydrogen-bond donors (Lipinski definition) is 0. The van der Waals surface area contributed by atoms with E-state index in [0.717, 1.165) is 22.5 Å². The molecule has 0 aromatic heterocycles. The lowest BCUT2D eigenvalue weighted by Gasteiger charge is -2.31. The number of benzene rings is 3. The molecule has 0 bridgehead atoms. The maximum atomic E-state index is 13.2. The van der Waals surface area contributed by atoms with Gasteiger partial charge in [0.15, 0.2) is 0 Å². The Morgan fingerprint density at radius 1 is 0.967 bits per heavy atom. The van der Waals surface area contributed by atoms with Crippen LogP contribution < -0.4 is 9.04 Å². The van der Waals surface area contributed by atoms with E-state index in [1.807, 2.05) is 0 Å². The van der Waals surface area contributed by atoms with Crippen LogP contribution in [0.15, 0.2) is 71.6 Å². The van der Waals surface area contributed by atoms with Crippen LogP contribution in [0.25, 0.3) is 11.1 Å². The second kappa shape index (κ2) is 7.52. The Morgan fingerprint density at radius 2 is 1.73 bits per heavy atom. The Hall–Kier alpha value is -2.71. The van der Waals surface area contributed by atoms with E-state index in [2.05, 4.69) is 0 Å². The quantitative estimate of drug-likeness (QED) is 0.517. The summed E-state index contributed by atoms with van der Waals surface area (Å²) >= 11 is 6.25. The van der Waals surface area contributed by atoms with Crippen molar-refractivity contribution in [1.82, 2.24) is 0 Å². The number of anilines is 1. The third-order valence-electron chi connectivity index (χ3n) is 4.71. The second-order valence-electron chi connectivity index (χ2n) is 6.61. The smallest absolute Gasteiger partial charge is 0.416 e. The Balaban J connectivity index is 1.81. The molecule has 0 radical (unpaired) electrons. The van der Waals surface area contributed by atoms with E-state index < -0.39 is 26.7 Å². The van der Waals surface area contributed by atoms with Crippen molar-refractivity contribution in [1.29, 1.82) is 0 Å². The summed E-state index contributed by atoms with van der Waals surface area (Å²) in [4.78, 5) is -0.437. The molecule has 0 saturated carbocycles. The largest absolute Gasteiger partial charge is 0.489 e. The molecule has 156 valence electrons. The van der Waals surface area contributed by atoms with E-state index in [-0.39, 0.29) is 18.8 Å². The van der Waals surface area contributed by atoms with Gasteiger partial charge in [0.05, 0.1) is 22.7 Å². The van der Waals surface area contributed by atoms with Crippen molar-refractivity contribution in [3.63, 3.8) is 0 Å². The van der Waals surface area contributed by atoms with Crippen LogP contribution in [-0.4, -0.2) is 21.6 Å². The minimum Gasteiger partial charge on any atom is -0.489 e. The highest BCUT2D eigenvalue weighted by atomic mass is 35.5. The van der Waals surface area contributed by atoms with Crippen LogP contribution in [0.5, 0.6) is 5.75 Å². The van der Waals surface area contributed by atoms with Gasteiger partial charge in [-0.3, -0.25) is 4.31 Å². The first-order valence-corrected chi connectivity index (χ1v) is 10.7. The third-order valence-corrected chi connectivity index (χ3v) is 6.85. The van der Waals surface area contributed by atoms with Crippen LogP contribution in [0.1, 0.15) is 5.56 Å². The van der Waals surface area contributed by atoms with Gasteiger partial charge in [-0.15, -0.1) is 0 Å². The number of ether oxygens (including phenoxy) is 1. The lowest BCUT2D eigenvalue weighted by Crippen LogP contribution is -2.38. The normalized spacial score (nSPS) is 14.2. The van der Waals surface area contributed by atoms with Crippen LogP contribution in [0.3, 0.4) is 0 Å². The monoisotopic (exact) mass is 453 g/mol. The van der Waals surface area contributed by atoms with E-state index in [1.165, 1.54) is 0 Å². The van der Waals surface area contributed by atoms with Gasteiger partial charge in [0, 0.05) is 10.6 Å². The van der Waals surface area contributed by atoms with Gasteiger partial charge >= 0.3 is 6.18 Å². The number of nitrogens with zero attached hydrogens (tertiary/aromatic N) is 1. The van der Waals surface area contributed by atoms with E-state index in [0.29, 0.717) is 28.0 Å². The molecular formula is C21H15ClF3NO3S. The Kier molecular flexibility index (Phi) is 5.15. The first kappa shape index (κ1) is 20.6. The van der Waals surface area contributed by atoms with Crippen molar-refractivity contribution in [3.8, 4) is 16.9 Å². The van der Waals surface area contributed by atoms with E-state index in [1.54, 1.807) is 42.5 Å². The predicted molar refractivity (Wildman–Crippen MR) is 108 cm³/mol. The highest BCUT2D eigenvalue weighted by Gasteiger charge is 2.34. The average molecular weight is 454 g/mol. The summed E-state index contributed by atoms with van der Waals surface area (Å²) in [6.45, 7) is 0.0498. The lowest BCUT2D eigenvalue weighted by molar-refractivity contribution is -0.137. The molecule has 0 amide bonds. The number of sulfonamides is 1. The fourth-order valence-corrected chi connectivity index (χ4v) is 5.01. The van der Waals surface area contributed by atoms with Crippen LogP contribution in [0, 0.1) is 0 Å². The number of hydrogen-bond acceptors (Lipinski definition) is 3. The molecule has 0 aliphatic carbocycles.